The van der Waals surface area contributed by atoms with E-state index in [9.17, 15) is 22.8 Å². The predicted molar refractivity (Wildman–Crippen MR) is 74.4 cm³/mol. The van der Waals surface area contributed by atoms with Crippen LogP contribution in [0, 0.1) is 11.6 Å². The van der Waals surface area contributed by atoms with Crippen LogP contribution < -0.4 is 15.9 Å². The van der Waals surface area contributed by atoms with Gasteiger partial charge in [0.1, 0.15) is 11.1 Å². The van der Waals surface area contributed by atoms with Crippen molar-refractivity contribution in [2.24, 2.45) is 0 Å². The van der Waals surface area contributed by atoms with Gasteiger partial charge in [-0.25, -0.2) is 13.6 Å². The second-order valence-electron chi connectivity index (χ2n) is 5.16. The quantitative estimate of drug-likeness (QED) is 0.839. The van der Waals surface area contributed by atoms with Gasteiger partial charge < -0.3 is 20.1 Å². The molecule has 0 bridgehead atoms. The molecular formula is C14H11F3N2O4. The highest BCUT2D eigenvalue weighted by atomic mass is 19.2. The molecule has 6 nitrogen and oxygen atoms in total. The number of fused-ring (bicyclic) bond motifs is 1. The molecular weight excluding hydrogens is 317 g/mol. The Labute approximate surface area is 126 Å². The van der Waals surface area contributed by atoms with E-state index in [1.165, 1.54) is 4.57 Å². The largest absolute Gasteiger partial charge is 0.477 e. The number of nitrogens with zero attached hydrogens (tertiary/aromatic N) is 1. The monoisotopic (exact) mass is 328 g/mol. The summed E-state index contributed by atoms with van der Waals surface area (Å²) >= 11 is 0. The first kappa shape index (κ1) is 15.2. The molecule has 1 aliphatic rings. The van der Waals surface area contributed by atoms with E-state index < -0.39 is 52.3 Å². The summed E-state index contributed by atoms with van der Waals surface area (Å²) in [5.41, 5.74) is 2.70. The van der Waals surface area contributed by atoms with E-state index >= 15 is 0 Å². The molecule has 1 heterocycles. The molecule has 9 heteroatoms. The minimum atomic E-state index is -1.58. The molecule has 2 aromatic rings. The van der Waals surface area contributed by atoms with Crippen LogP contribution in [0.2, 0.25) is 0 Å². The van der Waals surface area contributed by atoms with Gasteiger partial charge in [0.05, 0.1) is 11.1 Å². The van der Waals surface area contributed by atoms with Crippen LogP contribution in [0.1, 0.15) is 29.2 Å². The van der Waals surface area contributed by atoms with Crippen LogP contribution in [0.4, 0.5) is 18.9 Å². The number of aromatic carboxylic acids is 1. The molecule has 0 radical (unpaired) electrons. The van der Waals surface area contributed by atoms with Crippen molar-refractivity contribution in [2.75, 3.05) is 12.6 Å². The molecule has 3 rings (SSSR count). The van der Waals surface area contributed by atoms with E-state index in [2.05, 4.69) is 4.74 Å². The number of rotatable bonds is 4. The van der Waals surface area contributed by atoms with Crippen molar-refractivity contribution < 1.29 is 27.8 Å². The van der Waals surface area contributed by atoms with Gasteiger partial charge in [0, 0.05) is 12.2 Å². The molecule has 1 saturated carbocycles. The van der Waals surface area contributed by atoms with Crippen molar-refractivity contribution >= 4 is 22.6 Å². The summed E-state index contributed by atoms with van der Waals surface area (Å²) in [5, 5.41) is 8.60. The number of anilines is 1. The number of alkyl halides is 1. The Kier molecular flexibility index (Phi) is 3.42. The Hall–Kier alpha value is -2.71. The molecule has 0 atom stereocenters. The van der Waals surface area contributed by atoms with Crippen molar-refractivity contribution in [3.05, 3.63) is 33.6 Å². The molecule has 0 unspecified atom stereocenters. The Morgan fingerprint density at radius 3 is 2.57 bits per heavy atom. The number of aromatic nitrogens is 1. The third-order valence-corrected chi connectivity index (χ3v) is 3.72. The van der Waals surface area contributed by atoms with E-state index in [0.29, 0.717) is 12.8 Å². The van der Waals surface area contributed by atoms with Gasteiger partial charge in [0.2, 0.25) is 18.1 Å². The van der Waals surface area contributed by atoms with E-state index in [0.717, 1.165) is 6.20 Å². The number of ether oxygens (including phenoxy) is 1. The zero-order valence-electron chi connectivity index (χ0n) is 11.6. The molecule has 1 aromatic heterocycles. The number of hydrogen-bond donors (Lipinski definition) is 2. The first-order valence-corrected chi connectivity index (χ1v) is 6.65. The molecule has 0 saturated heterocycles. The van der Waals surface area contributed by atoms with Gasteiger partial charge in [-0.3, -0.25) is 4.79 Å². The predicted octanol–water partition coefficient (Wildman–Crippen LogP) is 2.20. The molecule has 1 aliphatic carbocycles. The van der Waals surface area contributed by atoms with Crippen LogP contribution >= 0.6 is 0 Å². The molecule has 1 aromatic carbocycles. The van der Waals surface area contributed by atoms with E-state index in [1.54, 1.807) is 0 Å². The van der Waals surface area contributed by atoms with E-state index in [-0.39, 0.29) is 11.6 Å². The summed E-state index contributed by atoms with van der Waals surface area (Å²) < 4.78 is 46.3. The average molecular weight is 328 g/mol. The molecule has 3 N–H and O–H groups in total. The SMILES string of the molecule is Nc1c(F)c(F)c(OCF)c2c1c(=O)c(C(=O)O)cn2C1CC1. The van der Waals surface area contributed by atoms with Crippen LogP contribution in [-0.2, 0) is 0 Å². The van der Waals surface area contributed by atoms with Crippen molar-refractivity contribution in [3.63, 3.8) is 0 Å². The van der Waals surface area contributed by atoms with Crippen LogP contribution in [-0.4, -0.2) is 22.5 Å². The van der Waals surface area contributed by atoms with E-state index in [1.807, 2.05) is 0 Å². The summed E-state index contributed by atoms with van der Waals surface area (Å²) in [6.07, 6.45) is 2.31. The van der Waals surface area contributed by atoms with Gasteiger partial charge in [0.15, 0.2) is 11.6 Å². The third kappa shape index (κ3) is 2.19. The lowest BCUT2D eigenvalue weighted by atomic mass is 10.1. The number of nitrogen functional groups attached to an aromatic ring is 1. The second kappa shape index (κ2) is 5.18. The Morgan fingerprint density at radius 2 is 2.04 bits per heavy atom. The van der Waals surface area contributed by atoms with Crippen LogP contribution in [0.15, 0.2) is 11.0 Å². The van der Waals surface area contributed by atoms with Gasteiger partial charge >= 0.3 is 5.97 Å². The van der Waals surface area contributed by atoms with Crippen molar-refractivity contribution in [3.8, 4) is 5.75 Å². The number of halogens is 3. The highest BCUT2D eigenvalue weighted by Crippen LogP contribution is 2.42. The van der Waals surface area contributed by atoms with Crippen LogP contribution in [0.25, 0.3) is 10.9 Å². The van der Waals surface area contributed by atoms with Crippen molar-refractivity contribution in [1.29, 1.82) is 0 Å². The number of carbonyl (C=O) groups is 1. The Morgan fingerprint density at radius 1 is 1.39 bits per heavy atom. The smallest absolute Gasteiger partial charge is 0.341 e. The van der Waals surface area contributed by atoms with Crippen molar-refractivity contribution in [2.45, 2.75) is 18.9 Å². The zero-order valence-corrected chi connectivity index (χ0v) is 11.6. The maximum Gasteiger partial charge on any atom is 0.341 e. The number of carboxylic acid groups (broad SMARTS) is 1. The average Bonchev–Trinajstić information content (AvgIpc) is 3.33. The van der Waals surface area contributed by atoms with Gasteiger partial charge in [-0.2, -0.15) is 4.39 Å². The standard InChI is InChI=1S/C14H11F3N2O4/c15-4-23-13-9(17)8(16)10(18)7-11(13)19(5-1-2-5)3-6(12(7)20)14(21)22/h3,5H,1-2,4,18H2,(H,21,22). The molecule has 23 heavy (non-hydrogen) atoms. The fraction of sp³-hybridized carbons (Fsp3) is 0.286. The lowest BCUT2D eigenvalue weighted by Crippen LogP contribution is -2.21. The van der Waals surface area contributed by atoms with Crippen LogP contribution in [0.3, 0.4) is 0 Å². The maximum absolute atomic E-state index is 14.1. The summed E-state index contributed by atoms with van der Waals surface area (Å²) in [6, 6.07) is -0.220. The lowest BCUT2D eigenvalue weighted by molar-refractivity contribution is 0.0694. The highest BCUT2D eigenvalue weighted by Gasteiger charge is 2.32. The molecule has 1 fully saturated rings. The van der Waals surface area contributed by atoms with Crippen LogP contribution in [0.5, 0.6) is 5.75 Å². The fourth-order valence-corrected chi connectivity index (χ4v) is 2.53. The van der Waals surface area contributed by atoms with Gasteiger partial charge in [-0.1, -0.05) is 0 Å². The van der Waals surface area contributed by atoms with E-state index in [4.69, 9.17) is 10.8 Å². The summed E-state index contributed by atoms with van der Waals surface area (Å²) in [6.45, 7) is -1.45. The van der Waals surface area contributed by atoms with Crippen molar-refractivity contribution in [1.82, 2.24) is 4.57 Å². The highest BCUT2D eigenvalue weighted by molar-refractivity contribution is 6.00. The zero-order chi connectivity index (χ0) is 16.9. The van der Waals surface area contributed by atoms with Gasteiger partial charge in [-0.05, 0) is 12.8 Å². The number of carboxylic acids is 1. The second-order valence-corrected chi connectivity index (χ2v) is 5.16. The normalized spacial score (nSPS) is 14.2. The molecule has 0 aliphatic heterocycles. The molecule has 0 spiro atoms. The van der Waals surface area contributed by atoms with Gasteiger partial charge in [0.25, 0.3) is 0 Å². The molecule has 122 valence electrons. The maximum atomic E-state index is 14.1. The first-order chi connectivity index (χ1) is 10.9. The van der Waals surface area contributed by atoms with Gasteiger partial charge in [-0.15, -0.1) is 0 Å². The first-order valence-electron chi connectivity index (χ1n) is 6.65. The topological polar surface area (TPSA) is 94.6 Å². The molecule has 0 amide bonds. The summed E-state index contributed by atoms with van der Waals surface area (Å²) in [5.74, 6) is -5.43. The minimum absolute atomic E-state index is 0.220. The summed E-state index contributed by atoms with van der Waals surface area (Å²) in [7, 11) is 0. The third-order valence-electron chi connectivity index (χ3n) is 3.72. The Balaban J connectivity index is 2.56. The fourth-order valence-electron chi connectivity index (χ4n) is 2.53. The number of benzene rings is 1. The number of nitrogens with two attached hydrogens (primary N) is 1. The number of hydrogen-bond acceptors (Lipinski definition) is 4. The lowest BCUT2D eigenvalue weighted by Gasteiger charge is -2.17. The number of pyridine rings is 1. The Bertz CT molecular complexity index is 890. The minimum Gasteiger partial charge on any atom is -0.477 e. The summed E-state index contributed by atoms with van der Waals surface area (Å²) in [4.78, 5) is 23.5.